The van der Waals surface area contributed by atoms with Crippen molar-refractivity contribution in [3.05, 3.63) is 65.5 Å². The Hall–Kier alpha value is -2.37. The van der Waals surface area contributed by atoms with E-state index in [0.717, 1.165) is 15.0 Å². The normalized spacial score (nSPS) is 13.5. The number of nitrogens with one attached hydrogen (secondary N) is 2. The molecule has 3 N–H and O–H groups in total. The molecule has 0 spiro atoms. The second-order valence-corrected chi connectivity index (χ2v) is 6.68. The number of thiophene rings is 1. The predicted molar refractivity (Wildman–Crippen MR) is 94.9 cm³/mol. The fourth-order valence-corrected chi connectivity index (χ4v) is 3.39. The van der Waals surface area contributed by atoms with Gasteiger partial charge >= 0.3 is 6.03 Å². The summed E-state index contributed by atoms with van der Waals surface area (Å²) in [5, 5.41) is 17.2. The van der Waals surface area contributed by atoms with Gasteiger partial charge in [0.15, 0.2) is 0 Å². The predicted octanol–water partition coefficient (Wildman–Crippen LogP) is 3.93. The largest absolute Gasteiger partial charge is 0.383 e. The highest BCUT2D eigenvalue weighted by atomic mass is 32.1. The summed E-state index contributed by atoms with van der Waals surface area (Å²) in [5.41, 5.74) is -0.399. The number of carbonyl (C=O) groups excluding carboxylic acids is 1. The van der Waals surface area contributed by atoms with Gasteiger partial charge in [-0.2, -0.15) is 0 Å². The maximum absolute atomic E-state index is 11.9. The summed E-state index contributed by atoms with van der Waals surface area (Å²) in [4.78, 5) is 12.8. The van der Waals surface area contributed by atoms with Crippen molar-refractivity contribution < 1.29 is 9.90 Å². The molecule has 0 aliphatic rings. The van der Waals surface area contributed by atoms with Crippen molar-refractivity contribution in [1.82, 2.24) is 5.32 Å². The average molecular weight is 326 g/mol. The molecule has 5 heteroatoms. The Morgan fingerprint density at radius 3 is 2.57 bits per heavy atom. The summed E-state index contributed by atoms with van der Waals surface area (Å²) in [7, 11) is 0. The van der Waals surface area contributed by atoms with Crippen LogP contribution in [0, 0.1) is 0 Å². The lowest BCUT2D eigenvalue weighted by molar-refractivity contribution is 0.0638. The van der Waals surface area contributed by atoms with Crippen molar-refractivity contribution in [2.24, 2.45) is 0 Å². The molecule has 0 saturated carbocycles. The molecule has 23 heavy (non-hydrogen) atoms. The monoisotopic (exact) mass is 326 g/mol. The Balaban J connectivity index is 1.65. The zero-order valence-corrected chi connectivity index (χ0v) is 13.6. The average Bonchev–Trinajstić information content (AvgIpc) is 2.99. The topological polar surface area (TPSA) is 61.4 Å². The van der Waals surface area contributed by atoms with E-state index in [-0.39, 0.29) is 12.6 Å². The highest BCUT2D eigenvalue weighted by molar-refractivity contribution is 7.19. The van der Waals surface area contributed by atoms with Gasteiger partial charge in [-0.1, -0.05) is 36.4 Å². The molecular formula is C18H18N2O2S. The maximum Gasteiger partial charge on any atom is 0.319 e. The molecule has 0 radical (unpaired) electrons. The lowest BCUT2D eigenvalue weighted by Gasteiger charge is -2.22. The first kappa shape index (κ1) is 15.5. The minimum atomic E-state index is -1.11. The van der Waals surface area contributed by atoms with Crippen LogP contribution >= 0.6 is 11.3 Å². The molecule has 1 aromatic heterocycles. The molecule has 2 aromatic carbocycles. The zero-order valence-electron chi connectivity index (χ0n) is 12.7. The van der Waals surface area contributed by atoms with E-state index in [1.165, 1.54) is 11.3 Å². The van der Waals surface area contributed by atoms with E-state index < -0.39 is 5.60 Å². The van der Waals surface area contributed by atoms with Gasteiger partial charge in [0.05, 0.1) is 6.54 Å². The Labute approximate surface area is 138 Å². The minimum Gasteiger partial charge on any atom is -0.383 e. The summed E-state index contributed by atoms with van der Waals surface area (Å²) in [5.74, 6) is 0. The van der Waals surface area contributed by atoms with Gasteiger partial charge in [-0.15, -0.1) is 11.3 Å². The molecule has 0 bridgehead atoms. The van der Waals surface area contributed by atoms with Gasteiger partial charge in [0.25, 0.3) is 0 Å². The molecule has 3 rings (SSSR count). The second-order valence-electron chi connectivity index (χ2n) is 5.60. The number of rotatable bonds is 4. The SMILES string of the molecule is CC(O)(CNC(=O)Nc1ccccc1)c1cc2ccccc2s1. The van der Waals surface area contributed by atoms with E-state index in [4.69, 9.17) is 0 Å². The van der Waals surface area contributed by atoms with Crippen molar-refractivity contribution in [2.45, 2.75) is 12.5 Å². The van der Waals surface area contributed by atoms with E-state index in [0.29, 0.717) is 5.69 Å². The first-order valence-corrected chi connectivity index (χ1v) is 8.17. The Morgan fingerprint density at radius 1 is 1.13 bits per heavy atom. The van der Waals surface area contributed by atoms with Gasteiger partial charge in [0.1, 0.15) is 5.60 Å². The van der Waals surface area contributed by atoms with Gasteiger partial charge < -0.3 is 15.7 Å². The van der Waals surface area contributed by atoms with Crippen molar-refractivity contribution >= 4 is 33.1 Å². The highest BCUT2D eigenvalue weighted by Gasteiger charge is 2.26. The van der Waals surface area contributed by atoms with Gasteiger partial charge in [0.2, 0.25) is 0 Å². The van der Waals surface area contributed by atoms with E-state index in [1.807, 2.05) is 60.7 Å². The third-order valence-corrected chi connectivity index (χ3v) is 4.95. The summed E-state index contributed by atoms with van der Waals surface area (Å²) >= 11 is 1.54. The molecule has 0 aliphatic carbocycles. The third kappa shape index (κ3) is 3.70. The number of hydrogen-bond acceptors (Lipinski definition) is 3. The van der Waals surface area contributed by atoms with Crippen LogP contribution in [0.15, 0.2) is 60.7 Å². The molecule has 1 unspecified atom stereocenters. The first-order chi connectivity index (χ1) is 11.0. The van der Waals surface area contributed by atoms with E-state index in [1.54, 1.807) is 6.92 Å². The molecule has 118 valence electrons. The van der Waals surface area contributed by atoms with Crippen LogP contribution in [-0.4, -0.2) is 17.7 Å². The number of aliphatic hydroxyl groups is 1. The maximum atomic E-state index is 11.9. The smallest absolute Gasteiger partial charge is 0.319 e. The van der Waals surface area contributed by atoms with Crippen LogP contribution in [0.25, 0.3) is 10.1 Å². The Bertz CT molecular complexity index is 779. The Kier molecular flexibility index (Phi) is 4.32. The number of para-hydroxylation sites is 1. The molecule has 3 aromatic rings. The number of carbonyl (C=O) groups is 1. The molecule has 0 aliphatic heterocycles. The van der Waals surface area contributed by atoms with Gasteiger partial charge in [-0.3, -0.25) is 0 Å². The van der Waals surface area contributed by atoms with Crippen LogP contribution in [0.2, 0.25) is 0 Å². The highest BCUT2D eigenvalue weighted by Crippen LogP contribution is 2.32. The molecule has 0 saturated heterocycles. The van der Waals surface area contributed by atoms with E-state index in [9.17, 15) is 9.90 Å². The number of benzene rings is 2. The lowest BCUT2D eigenvalue weighted by Crippen LogP contribution is -2.40. The fourth-order valence-electron chi connectivity index (χ4n) is 2.28. The van der Waals surface area contributed by atoms with Crippen LogP contribution in [0.3, 0.4) is 0 Å². The van der Waals surface area contributed by atoms with E-state index in [2.05, 4.69) is 10.6 Å². The van der Waals surface area contributed by atoms with Crippen LogP contribution in [-0.2, 0) is 5.60 Å². The minimum absolute atomic E-state index is 0.137. The number of hydrogen-bond donors (Lipinski definition) is 3. The molecule has 1 heterocycles. The van der Waals surface area contributed by atoms with Crippen LogP contribution < -0.4 is 10.6 Å². The number of anilines is 1. The number of amides is 2. The molecule has 1 atom stereocenters. The van der Waals surface area contributed by atoms with Crippen LogP contribution in [0.5, 0.6) is 0 Å². The van der Waals surface area contributed by atoms with Gasteiger partial charge in [0, 0.05) is 15.3 Å². The number of fused-ring (bicyclic) bond motifs is 1. The molecule has 2 amide bonds. The lowest BCUT2D eigenvalue weighted by atomic mass is 10.0. The fraction of sp³-hybridized carbons (Fsp3) is 0.167. The zero-order chi connectivity index (χ0) is 16.3. The van der Waals surface area contributed by atoms with Crippen molar-refractivity contribution in [1.29, 1.82) is 0 Å². The summed E-state index contributed by atoms with van der Waals surface area (Å²) in [6.45, 7) is 1.85. The summed E-state index contributed by atoms with van der Waals surface area (Å²) in [6.07, 6.45) is 0. The van der Waals surface area contributed by atoms with Gasteiger partial charge in [-0.05, 0) is 36.6 Å². The Morgan fingerprint density at radius 2 is 1.83 bits per heavy atom. The first-order valence-electron chi connectivity index (χ1n) is 7.36. The standard InChI is InChI=1S/C18H18N2O2S/c1-18(22,16-11-13-7-5-6-10-15(13)23-16)12-19-17(21)20-14-8-3-2-4-9-14/h2-11,22H,12H2,1H3,(H2,19,20,21). The van der Waals surface area contributed by atoms with Crippen LogP contribution in [0.4, 0.5) is 10.5 Å². The molecule has 4 nitrogen and oxygen atoms in total. The van der Waals surface area contributed by atoms with Crippen molar-refractivity contribution in [3.63, 3.8) is 0 Å². The van der Waals surface area contributed by atoms with Crippen LogP contribution in [0.1, 0.15) is 11.8 Å². The number of urea groups is 1. The molecule has 0 fully saturated rings. The quantitative estimate of drug-likeness (QED) is 0.680. The second kappa shape index (κ2) is 6.40. The molecular weight excluding hydrogens is 308 g/mol. The van der Waals surface area contributed by atoms with Gasteiger partial charge in [-0.25, -0.2) is 4.79 Å². The summed E-state index contributed by atoms with van der Waals surface area (Å²) in [6, 6.07) is 18.8. The summed E-state index contributed by atoms with van der Waals surface area (Å²) < 4.78 is 1.12. The van der Waals surface area contributed by atoms with Crippen molar-refractivity contribution in [2.75, 3.05) is 11.9 Å². The third-order valence-electron chi connectivity index (χ3n) is 3.58. The van der Waals surface area contributed by atoms with Crippen molar-refractivity contribution in [3.8, 4) is 0 Å². The van der Waals surface area contributed by atoms with E-state index >= 15 is 0 Å².